The van der Waals surface area contributed by atoms with Gasteiger partial charge in [-0.15, -0.1) is 0 Å². The van der Waals surface area contributed by atoms with Crippen molar-refractivity contribution in [1.82, 2.24) is 5.32 Å². The summed E-state index contributed by atoms with van der Waals surface area (Å²) in [7, 11) is 0. The highest BCUT2D eigenvalue weighted by Gasteiger charge is 2.14. The van der Waals surface area contributed by atoms with Gasteiger partial charge in [0.15, 0.2) is 0 Å². The maximum Gasteiger partial charge on any atom is 0.129 e. The minimum atomic E-state index is -1.17. The Labute approximate surface area is 119 Å². The lowest BCUT2D eigenvalue weighted by atomic mass is 10.1. The number of benzene rings is 1. The first-order valence-electron chi connectivity index (χ1n) is 6.12. The van der Waals surface area contributed by atoms with Crippen molar-refractivity contribution >= 4 is 11.3 Å². The van der Waals surface area contributed by atoms with E-state index in [1.807, 2.05) is 10.8 Å². The molecule has 0 saturated carbocycles. The average molecular weight is 299 g/mol. The van der Waals surface area contributed by atoms with Crippen LogP contribution in [-0.4, -0.2) is 23.3 Å². The van der Waals surface area contributed by atoms with Gasteiger partial charge in [-0.05, 0) is 40.6 Å². The topological polar surface area (TPSA) is 52.5 Å². The molecule has 20 heavy (non-hydrogen) atoms. The highest BCUT2D eigenvalue weighted by Crippen LogP contribution is 2.18. The SMILES string of the molecule is OC(CNCC(O)c1cc(F)ccc1F)c1ccsc1. The van der Waals surface area contributed by atoms with E-state index >= 15 is 0 Å². The predicted octanol–water partition coefficient (Wildman–Crippen LogP) is 2.38. The first kappa shape index (κ1) is 15.1. The number of aliphatic hydroxyl groups is 2. The van der Waals surface area contributed by atoms with Crippen molar-refractivity contribution in [3.8, 4) is 0 Å². The van der Waals surface area contributed by atoms with Gasteiger partial charge in [0.2, 0.25) is 0 Å². The number of aliphatic hydroxyl groups excluding tert-OH is 2. The van der Waals surface area contributed by atoms with E-state index in [0.717, 1.165) is 23.8 Å². The molecule has 2 aromatic rings. The summed E-state index contributed by atoms with van der Waals surface area (Å²) >= 11 is 1.48. The third-order valence-electron chi connectivity index (χ3n) is 2.92. The fraction of sp³-hybridized carbons (Fsp3) is 0.286. The van der Waals surface area contributed by atoms with E-state index in [1.165, 1.54) is 11.3 Å². The first-order valence-corrected chi connectivity index (χ1v) is 7.06. The smallest absolute Gasteiger partial charge is 0.129 e. The number of rotatable bonds is 6. The Kier molecular flexibility index (Phi) is 5.19. The number of nitrogens with one attached hydrogen (secondary N) is 1. The molecule has 0 spiro atoms. The van der Waals surface area contributed by atoms with Crippen molar-refractivity contribution in [3.63, 3.8) is 0 Å². The van der Waals surface area contributed by atoms with Gasteiger partial charge >= 0.3 is 0 Å². The summed E-state index contributed by atoms with van der Waals surface area (Å²) < 4.78 is 26.4. The minimum Gasteiger partial charge on any atom is -0.387 e. The molecule has 3 N–H and O–H groups in total. The number of hydrogen-bond donors (Lipinski definition) is 3. The molecule has 6 heteroatoms. The third kappa shape index (κ3) is 3.83. The Balaban J connectivity index is 1.86. The van der Waals surface area contributed by atoms with Crippen LogP contribution in [0.4, 0.5) is 8.78 Å². The van der Waals surface area contributed by atoms with Crippen LogP contribution in [0.3, 0.4) is 0 Å². The van der Waals surface area contributed by atoms with E-state index in [4.69, 9.17) is 0 Å². The van der Waals surface area contributed by atoms with Gasteiger partial charge in [-0.25, -0.2) is 8.78 Å². The van der Waals surface area contributed by atoms with Crippen LogP contribution in [0.1, 0.15) is 23.3 Å². The van der Waals surface area contributed by atoms with Crippen LogP contribution < -0.4 is 5.32 Å². The van der Waals surface area contributed by atoms with E-state index in [2.05, 4.69) is 5.32 Å². The first-order chi connectivity index (χ1) is 9.58. The van der Waals surface area contributed by atoms with Crippen molar-refractivity contribution in [1.29, 1.82) is 0 Å². The van der Waals surface area contributed by atoms with Gasteiger partial charge in [0.25, 0.3) is 0 Å². The summed E-state index contributed by atoms with van der Waals surface area (Å²) in [6, 6.07) is 4.75. The Morgan fingerprint density at radius 3 is 2.55 bits per heavy atom. The molecule has 0 fully saturated rings. The maximum atomic E-state index is 13.4. The summed E-state index contributed by atoms with van der Waals surface area (Å²) in [5.74, 6) is -1.25. The van der Waals surface area contributed by atoms with Gasteiger partial charge in [0.05, 0.1) is 12.2 Å². The van der Waals surface area contributed by atoms with Crippen molar-refractivity contribution in [2.24, 2.45) is 0 Å². The Morgan fingerprint density at radius 1 is 1.10 bits per heavy atom. The van der Waals surface area contributed by atoms with E-state index in [0.29, 0.717) is 0 Å². The monoisotopic (exact) mass is 299 g/mol. The van der Waals surface area contributed by atoms with Gasteiger partial charge in [0, 0.05) is 18.7 Å². The van der Waals surface area contributed by atoms with Crippen molar-refractivity contribution in [2.45, 2.75) is 12.2 Å². The second-order valence-corrected chi connectivity index (χ2v) is 5.19. The quantitative estimate of drug-likeness (QED) is 0.767. The molecular formula is C14H15F2NO2S. The zero-order valence-corrected chi connectivity index (χ0v) is 11.4. The predicted molar refractivity (Wildman–Crippen MR) is 73.5 cm³/mol. The average Bonchev–Trinajstić information content (AvgIpc) is 2.95. The van der Waals surface area contributed by atoms with Gasteiger partial charge < -0.3 is 15.5 Å². The summed E-state index contributed by atoms with van der Waals surface area (Å²) in [5, 5.41) is 26.2. The van der Waals surface area contributed by atoms with Crippen LogP contribution in [0.15, 0.2) is 35.0 Å². The van der Waals surface area contributed by atoms with Crippen LogP contribution in [-0.2, 0) is 0 Å². The highest BCUT2D eigenvalue weighted by molar-refractivity contribution is 7.07. The third-order valence-corrected chi connectivity index (χ3v) is 3.62. The molecule has 2 unspecified atom stereocenters. The molecule has 0 saturated heterocycles. The van der Waals surface area contributed by atoms with Crippen molar-refractivity contribution in [3.05, 3.63) is 57.8 Å². The van der Waals surface area contributed by atoms with Crippen LogP contribution in [0.25, 0.3) is 0 Å². The van der Waals surface area contributed by atoms with Crippen LogP contribution >= 0.6 is 11.3 Å². The lowest BCUT2D eigenvalue weighted by Crippen LogP contribution is -2.26. The van der Waals surface area contributed by atoms with Crippen molar-refractivity contribution in [2.75, 3.05) is 13.1 Å². The van der Waals surface area contributed by atoms with Crippen LogP contribution in [0.5, 0.6) is 0 Å². The molecular weight excluding hydrogens is 284 g/mol. The Hall–Kier alpha value is -1.34. The molecule has 0 aliphatic heterocycles. The van der Waals surface area contributed by atoms with E-state index in [9.17, 15) is 19.0 Å². The van der Waals surface area contributed by atoms with E-state index < -0.39 is 23.8 Å². The molecule has 0 aliphatic rings. The molecule has 1 aromatic carbocycles. The molecule has 2 rings (SSSR count). The molecule has 0 amide bonds. The molecule has 2 atom stereocenters. The second-order valence-electron chi connectivity index (χ2n) is 4.41. The molecule has 1 aromatic heterocycles. The zero-order valence-electron chi connectivity index (χ0n) is 10.6. The number of hydrogen-bond acceptors (Lipinski definition) is 4. The zero-order chi connectivity index (χ0) is 14.5. The van der Waals surface area contributed by atoms with E-state index in [-0.39, 0.29) is 18.7 Å². The fourth-order valence-corrected chi connectivity index (χ4v) is 2.53. The van der Waals surface area contributed by atoms with Gasteiger partial charge in [0.1, 0.15) is 11.6 Å². The summed E-state index contributed by atoms with van der Waals surface area (Å²) in [4.78, 5) is 0. The summed E-state index contributed by atoms with van der Waals surface area (Å²) in [6.45, 7) is 0.256. The lowest BCUT2D eigenvalue weighted by Gasteiger charge is -2.15. The van der Waals surface area contributed by atoms with E-state index in [1.54, 1.807) is 6.07 Å². The largest absolute Gasteiger partial charge is 0.387 e. The maximum absolute atomic E-state index is 13.4. The highest BCUT2D eigenvalue weighted by atomic mass is 32.1. The van der Waals surface area contributed by atoms with Crippen LogP contribution in [0, 0.1) is 11.6 Å². The number of halogens is 2. The standard InChI is InChI=1S/C14H15F2NO2S/c15-10-1-2-12(16)11(5-10)14(19)7-17-6-13(18)9-3-4-20-8-9/h1-5,8,13-14,17-19H,6-7H2. The van der Waals surface area contributed by atoms with Gasteiger partial charge in [-0.3, -0.25) is 0 Å². The number of thiophene rings is 1. The van der Waals surface area contributed by atoms with Crippen molar-refractivity contribution < 1.29 is 19.0 Å². The molecule has 0 aliphatic carbocycles. The van der Waals surface area contributed by atoms with Gasteiger partial charge in [-0.1, -0.05) is 0 Å². The second kappa shape index (κ2) is 6.90. The Bertz CT molecular complexity index is 548. The molecule has 1 heterocycles. The molecule has 108 valence electrons. The fourth-order valence-electron chi connectivity index (χ4n) is 1.82. The van der Waals surface area contributed by atoms with Crippen LogP contribution in [0.2, 0.25) is 0 Å². The molecule has 0 bridgehead atoms. The molecule has 3 nitrogen and oxygen atoms in total. The Morgan fingerprint density at radius 2 is 1.85 bits per heavy atom. The molecule has 0 radical (unpaired) electrons. The minimum absolute atomic E-state index is 0.0293. The lowest BCUT2D eigenvalue weighted by molar-refractivity contribution is 0.145. The normalized spacial score (nSPS) is 14.2. The van der Waals surface area contributed by atoms with Gasteiger partial charge in [-0.2, -0.15) is 11.3 Å². The summed E-state index contributed by atoms with van der Waals surface area (Å²) in [6.07, 6.45) is -1.86. The summed E-state index contributed by atoms with van der Waals surface area (Å²) in [5.41, 5.74) is 0.691.